The molecule has 3 rings (SSSR count). The van der Waals surface area contributed by atoms with Gasteiger partial charge in [-0.05, 0) is 60.2 Å². The number of nitrogens with zero attached hydrogens (tertiary/aromatic N) is 2. The molecule has 1 N–H and O–H groups in total. The first kappa shape index (κ1) is 31.4. The topological polar surface area (TPSA) is 86.8 Å². The van der Waals surface area contributed by atoms with Crippen molar-refractivity contribution < 1.29 is 18.0 Å². The van der Waals surface area contributed by atoms with Crippen molar-refractivity contribution in [3.8, 4) is 0 Å². The smallest absolute Gasteiger partial charge is 0.244 e. The normalized spacial score (nSPS) is 12.2. The van der Waals surface area contributed by atoms with Gasteiger partial charge in [0.1, 0.15) is 12.6 Å². The van der Waals surface area contributed by atoms with Gasteiger partial charge >= 0.3 is 0 Å². The van der Waals surface area contributed by atoms with Crippen LogP contribution in [0.15, 0.2) is 77.3 Å². The maximum Gasteiger partial charge on any atom is 0.244 e. The molecule has 0 radical (unpaired) electrons. The van der Waals surface area contributed by atoms with Gasteiger partial charge in [0, 0.05) is 24.0 Å². The summed E-state index contributed by atoms with van der Waals surface area (Å²) in [7, 11) is -3.81. The quantitative estimate of drug-likeness (QED) is 0.297. The predicted octanol–water partition coefficient (Wildman–Crippen LogP) is 5.24. The third-order valence-electron chi connectivity index (χ3n) is 6.72. The molecule has 0 aromatic heterocycles. The Morgan fingerprint density at radius 1 is 0.925 bits per heavy atom. The molecule has 0 bridgehead atoms. The minimum atomic E-state index is -3.81. The molecule has 9 heteroatoms. The molecule has 1 unspecified atom stereocenters. The second-order valence-corrected chi connectivity index (χ2v) is 13.3. The van der Waals surface area contributed by atoms with Crippen LogP contribution in [0.4, 0.5) is 5.69 Å². The standard InChI is InChI=1S/C31H38BrN3O4S/c1-22(2)19-33-31(37)29(18-25-12-7-6-8-13-25)34(20-26-14-10-15-27(32)17-26)30(36)21-35(40(5,38)39)28-16-9-11-23(3)24(28)4/h6-17,22,29H,18-21H2,1-5H3,(H,33,37). The van der Waals surface area contributed by atoms with Gasteiger partial charge in [0.2, 0.25) is 21.8 Å². The zero-order chi connectivity index (χ0) is 29.4. The number of carbonyl (C=O) groups excluding carboxylic acids is 2. The van der Waals surface area contributed by atoms with E-state index in [1.54, 1.807) is 12.1 Å². The molecule has 1 atom stereocenters. The molecule has 3 aromatic rings. The molecule has 2 amide bonds. The molecule has 0 spiro atoms. The van der Waals surface area contributed by atoms with E-state index in [2.05, 4.69) is 21.2 Å². The van der Waals surface area contributed by atoms with E-state index in [1.807, 2.05) is 88.4 Å². The van der Waals surface area contributed by atoms with E-state index in [0.717, 1.165) is 37.3 Å². The molecular formula is C31H38BrN3O4S. The van der Waals surface area contributed by atoms with E-state index < -0.39 is 28.5 Å². The summed E-state index contributed by atoms with van der Waals surface area (Å²) in [6.45, 7) is 7.91. The van der Waals surface area contributed by atoms with E-state index in [1.165, 1.54) is 4.90 Å². The highest BCUT2D eigenvalue weighted by Crippen LogP contribution is 2.26. The number of carbonyl (C=O) groups is 2. The van der Waals surface area contributed by atoms with Gasteiger partial charge in [0.05, 0.1) is 11.9 Å². The van der Waals surface area contributed by atoms with E-state index in [9.17, 15) is 18.0 Å². The van der Waals surface area contributed by atoms with Crippen molar-refractivity contribution in [1.29, 1.82) is 0 Å². The molecule has 7 nitrogen and oxygen atoms in total. The minimum absolute atomic E-state index is 0.134. The summed E-state index contributed by atoms with van der Waals surface area (Å²) in [4.78, 5) is 29.3. The molecule has 0 aliphatic rings. The summed E-state index contributed by atoms with van der Waals surface area (Å²) in [6, 6.07) is 21.6. The Morgan fingerprint density at radius 2 is 1.57 bits per heavy atom. The Morgan fingerprint density at radius 3 is 2.20 bits per heavy atom. The highest BCUT2D eigenvalue weighted by molar-refractivity contribution is 9.10. The van der Waals surface area contributed by atoms with Crippen LogP contribution in [0.2, 0.25) is 0 Å². The second kappa shape index (κ2) is 13.9. The fraction of sp³-hybridized carbons (Fsp3) is 0.355. The fourth-order valence-electron chi connectivity index (χ4n) is 4.41. The summed E-state index contributed by atoms with van der Waals surface area (Å²) in [5.74, 6) is -0.522. The molecule has 3 aromatic carbocycles. The first-order valence-electron chi connectivity index (χ1n) is 13.3. The molecule has 214 valence electrons. The van der Waals surface area contributed by atoms with Crippen LogP contribution in [0.25, 0.3) is 0 Å². The summed E-state index contributed by atoms with van der Waals surface area (Å²) in [5, 5.41) is 2.99. The lowest BCUT2D eigenvalue weighted by molar-refractivity contribution is -0.140. The van der Waals surface area contributed by atoms with Crippen molar-refractivity contribution in [1.82, 2.24) is 10.2 Å². The number of aryl methyl sites for hydroxylation is 1. The third-order valence-corrected chi connectivity index (χ3v) is 8.34. The highest BCUT2D eigenvalue weighted by atomic mass is 79.9. The van der Waals surface area contributed by atoms with Gasteiger partial charge in [-0.25, -0.2) is 8.42 Å². The van der Waals surface area contributed by atoms with E-state index >= 15 is 0 Å². The van der Waals surface area contributed by atoms with Gasteiger partial charge in [0.15, 0.2) is 0 Å². The molecule has 0 aliphatic carbocycles. The third kappa shape index (κ3) is 8.66. The van der Waals surface area contributed by atoms with Gasteiger partial charge in [-0.3, -0.25) is 13.9 Å². The van der Waals surface area contributed by atoms with Gasteiger partial charge < -0.3 is 10.2 Å². The second-order valence-electron chi connectivity index (χ2n) is 10.5. The fourth-order valence-corrected chi connectivity index (χ4v) is 5.76. The average molecular weight is 629 g/mol. The van der Waals surface area contributed by atoms with Gasteiger partial charge in [0.25, 0.3) is 0 Å². The molecule has 0 aliphatic heterocycles. The highest BCUT2D eigenvalue weighted by Gasteiger charge is 2.33. The van der Waals surface area contributed by atoms with Crippen LogP contribution in [-0.2, 0) is 32.6 Å². The van der Waals surface area contributed by atoms with E-state index in [-0.39, 0.29) is 24.8 Å². The lowest BCUT2D eigenvalue weighted by Crippen LogP contribution is -2.53. The molecule has 40 heavy (non-hydrogen) atoms. The minimum Gasteiger partial charge on any atom is -0.354 e. The number of hydrogen-bond acceptors (Lipinski definition) is 4. The van der Waals surface area contributed by atoms with Crippen molar-refractivity contribution in [2.75, 3.05) is 23.7 Å². The molecule has 0 heterocycles. The largest absolute Gasteiger partial charge is 0.354 e. The number of hydrogen-bond donors (Lipinski definition) is 1. The maximum atomic E-state index is 14.2. The Balaban J connectivity index is 2.07. The molecule has 0 saturated heterocycles. The van der Waals surface area contributed by atoms with E-state index in [0.29, 0.717) is 12.2 Å². The predicted molar refractivity (Wildman–Crippen MR) is 165 cm³/mol. The number of halogens is 1. The number of nitrogens with one attached hydrogen (secondary N) is 1. The number of benzene rings is 3. The SMILES string of the molecule is Cc1cccc(N(CC(=O)N(Cc2cccc(Br)c2)C(Cc2ccccc2)C(=O)NCC(C)C)S(C)(=O)=O)c1C. The van der Waals surface area contributed by atoms with Crippen molar-refractivity contribution >= 4 is 43.5 Å². The Kier molecular flexibility index (Phi) is 10.9. The zero-order valence-electron chi connectivity index (χ0n) is 23.7. The van der Waals surface area contributed by atoms with E-state index in [4.69, 9.17) is 0 Å². The summed E-state index contributed by atoms with van der Waals surface area (Å²) in [6.07, 6.45) is 1.38. The number of rotatable bonds is 12. The lowest BCUT2D eigenvalue weighted by atomic mass is 10.0. The number of amides is 2. The molecule has 0 fully saturated rings. The monoisotopic (exact) mass is 627 g/mol. The molecule has 0 saturated carbocycles. The van der Waals surface area contributed by atoms with Crippen LogP contribution in [0.1, 0.15) is 36.1 Å². The van der Waals surface area contributed by atoms with Gasteiger partial charge in [-0.15, -0.1) is 0 Å². The first-order valence-corrected chi connectivity index (χ1v) is 15.9. The van der Waals surface area contributed by atoms with Crippen molar-refractivity contribution in [3.05, 3.63) is 99.5 Å². The summed E-state index contributed by atoms with van der Waals surface area (Å²) in [5.41, 5.74) is 3.85. The average Bonchev–Trinajstić information content (AvgIpc) is 2.89. The maximum absolute atomic E-state index is 14.2. The van der Waals surface area contributed by atoms with Gasteiger partial charge in [-0.2, -0.15) is 0 Å². The Bertz CT molecular complexity index is 1430. The van der Waals surface area contributed by atoms with Crippen molar-refractivity contribution in [3.63, 3.8) is 0 Å². The van der Waals surface area contributed by atoms with Crippen LogP contribution >= 0.6 is 15.9 Å². The zero-order valence-corrected chi connectivity index (χ0v) is 26.1. The first-order chi connectivity index (χ1) is 18.9. The Hall–Kier alpha value is -3.17. The van der Waals surface area contributed by atoms with Crippen molar-refractivity contribution in [2.45, 2.75) is 46.7 Å². The summed E-state index contributed by atoms with van der Waals surface area (Å²) < 4.78 is 28.0. The van der Waals surface area contributed by atoms with Crippen LogP contribution in [0.5, 0.6) is 0 Å². The van der Waals surface area contributed by atoms with Gasteiger partial charge in [-0.1, -0.05) is 84.4 Å². The number of anilines is 1. The number of sulfonamides is 1. The summed E-state index contributed by atoms with van der Waals surface area (Å²) >= 11 is 3.49. The van der Waals surface area contributed by atoms with Crippen LogP contribution < -0.4 is 9.62 Å². The Labute approximate surface area is 246 Å². The van der Waals surface area contributed by atoms with Crippen molar-refractivity contribution in [2.24, 2.45) is 5.92 Å². The lowest BCUT2D eigenvalue weighted by Gasteiger charge is -2.34. The van der Waals surface area contributed by atoms with Crippen LogP contribution in [0.3, 0.4) is 0 Å². The van der Waals surface area contributed by atoms with Crippen LogP contribution in [0, 0.1) is 19.8 Å². The van der Waals surface area contributed by atoms with Crippen LogP contribution in [-0.4, -0.2) is 50.5 Å². The molecular weight excluding hydrogens is 590 g/mol.